The maximum atomic E-state index is 13.3. The topological polar surface area (TPSA) is 113 Å². The molecule has 0 radical (unpaired) electrons. The third-order valence-electron chi connectivity index (χ3n) is 6.98. The van der Waals surface area contributed by atoms with Crippen LogP contribution in [0.2, 0.25) is 0 Å². The van der Waals surface area contributed by atoms with Crippen LogP contribution in [-0.4, -0.2) is 71.0 Å². The number of fused-ring (bicyclic) bond motifs is 1. The molecule has 0 aliphatic carbocycles. The summed E-state index contributed by atoms with van der Waals surface area (Å²) in [5.74, 6) is 0.199. The molecule has 0 spiro atoms. The van der Waals surface area contributed by atoms with E-state index in [4.69, 9.17) is 4.74 Å². The predicted molar refractivity (Wildman–Crippen MR) is 143 cm³/mol. The van der Waals surface area contributed by atoms with E-state index in [9.17, 15) is 18.0 Å². The van der Waals surface area contributed by atoms with Crippen molar-refractivity contribution in [3.8, 4) is 0 Å². The van der Waals surface area contributed by atoms with Gasteiger partial charge in [0.1, 0.15) is 5.60 Å². The molecule has 2 saturated heterocycles. The zero-order valence-corrected chi connectivity index (χ0v) is 22.7. The molecule has 1 aromatic carbocycles. The third kappa shape index (κ3) is 5.39. The van der Waals surface area contributed by atoms with Gasteiger partial charge in [-0.15, -0.1) is 0 Å². The molecule has 0 atom stereocenters. The number of piperidine rings is 1. The zero-order valence-electron chi connectivity index (χ0n) is 21.9. The fraction of sp³-hybridized carbons (Fsp3) is 0.444. The Morgan fingerprint density at radius 2 is 1.71 bits per heavy atom. The number of nitrogens with one attached hydrogen (secondary N) is 1. The monoisotopic (exact) mass is 539 g/mol. The lowest BCUT2D eigenvalue weighted by atomic mass is 9.90. The molecular formula is C27H33N5O5S. The molecule has 0 saturated carbocycles. The van der Waals surface area contributed by atoms with E-state index in [0.717, 1.165) is 30.6 Å². The average Bonchev–Trinajstić information content (AvgIpc) is 3.25. The number of nitrogens with zero attached hydrogens (tertiary/aromatic N) is 4. The molecular weight excluding hydrogens is 506 g/mol. The maximum absolute atomic E-state index is 13.3. The molecule has 2 amide bonds. The van der Waals surface area contributed by atoms with Crippen LogP contribution in [0.25, 0.3) is 5.52 Å². The first-order valence-electron chi connectivity index (χ1n) is 12.9. The molecule has 202 valence electrons. The van der Waals surface area contributed by atoms with Gasteiger partial charge in [-0.25, -0.2) is 17.7 Å². The Hall–Kier alpha value is -3.44. The second-order valence-electron chi connectivity index (χ2n) is 10.8. The van der Waals surface area contributed by atoms with E-state index >= 15 is 0 Å². The Morgan fingerprint density at radius 3 is 2.32 bits per heavy atom. The van der Waals surface area contributed by atoms with Gasteiger partial charge in [0.25, 0.3) is 5.91 Å². The number of benzene rings is 1. The van der Waals surface area contributed by atoms with E-state index in [2.05, 4.69) is 10.4 Å². The number of ether oxygens (including phenoxy) is 1. The summed E-state index contributed by atoms with van der Waals surface area (Å²) in [6.07, 6.45) is 5.29. The first-order valence-corrected chi connectivity index (χ1v) is 14.3. The van der Waals surface area contributed by atoms with Crippen molar-refractivity contribution < 1.29 is 22.7 Å². The number of hydrogen-bond acceptors (Lipinski definition) is 6. The molecule has 11 heteroatoms. The van der Waals surface area contributed by atoms with Crippen molar-refractivity contribution in [3.63, 3.8) is 0 Å². The van der Waals surface area contributed by atoms with Gasteiger partial charge in [-0.3, -0.25) is 10.1 Å². The number of pyridine rings is 1. The highest BCUT2D eigenvalue weighted by molar-refractivity contribution is 7.89. The summed E-state index contributed by atoms with van der Waals surface area (Å²) in [5.41, 5.74) is 2.31. The van der Waals surface area contributed by atoms with Gasteiger partial charge in [-0.05, 0) is 87.9 Å². The smallest absolute Gasteiger partial charge is 0.412 e. The second kappa shape index (κ2) is 10.0. The Bertz CT molecular complexity index is 1450. The van der Waals surface area contributed by atoms with Crippen LogP contribution < -0.4 is 5.32 Å². The van der Waals surface area contributed by atoms with Crippen LogP contribution >= 0.6 is 0 Å². The summed E-state index contributed by atoms with van der Waals surface area (Å²) in [4.78, 5) is 26.8. The number of amides is 2. The van der Waals surface area contributed by atoms with Crippen LogP contribution in [0.4, 0.5) is 10.5 Å². The van der Waals surface area contributed by atoms with Crippen LogP contribution in [0.15, 0.2) is 53.7 Å². The lowest BCUT2D eigenvalue weighted by Crippen LogP contribution is -2.41. The number of sulfonamides is 1. The highest BCUT2D eigenvalue weighted by atomic mass is 32.2. The number of hydrogen-bond donors (Lipinski definition) is 1. The number of likely N-dealkylation sites (tertiary alicyclic amines) is 1. The molecule has 0 unspecified atom stereocenters. The summed E-state index contributed by atoms with van der Waals surface area (Å²) in [5, 5.41) is 6.95. The summed E-state index contributed by atoms with van der Waals surface area (Å²) in [6, 6.07) is 10.1. The van der Waals surface area contributed by atoms with Crippen molar-refractivity contribution in [1.82, 2.24) is 18.8 Å². The van der Waals surface area contributed by atoms with Crippen LogP contribution in [0.1, 0.15) is 61.9 Å². The van der Waals surface area contributed by atoms with Crippen molar-refractivity contribution in [1.29, 1.82) is 0 Å². The van der Waals surface area contributed by atoms with Gasteiger partial charge in [0.15, 0.2) is 0 Å². The Morgan fingerprint density at radius 1 is 1.03 bits per heavy atom. The molecule has 3 aromatic rings. The van der Waals surface area contributed by atoms with E-state index < -0.39 is 21.7 Å². The fourth-order valence-corrected chi connectivity index (χ4v) is 6.29. The summed E-state index contributed by atoms with van der Waals surface area (Å²) in [6.45, 7) is 7.68. The Kier molecular flexibility index (Phi) is 6.91. The fourth-order valence-electron chi connectivity index (χ4n) is 4.82. The number of carbonyl (C=O) groups is 2. The van der Waals surface area contributed by atoms with Crippen molar-refractivity contribution >= 4 is 33.2 Å². The molecule has 2 aliphatic rings. The van der Waals surface area contributed by atoms with Gasteiger partial charge in [0.05, 0.1) is 22.2 Å². The van der Waals surface area contributed by atoms with Crippen LogP contribution in [0.5, 0.6) is 0 Å². The molecule has 2 aromatic heterocycles. The molecule has 4 heterocycles. The van der Waals surface area contributed by atoms with Crippen LogP contribution in [0.3, 0.4) is 0 Å². The SMILES string of the molecule is CC(C)(C)OC(=O)Nc1ccc(S(=O)(=O)N2CCC(c3ccn4ncc(C(=O)N5CCC5)c4c3)CC2)cc1. The highest BCUT2D eigenvalue weighted by Gasteiger charge is 2.31. The van der Waals surface area contributed by atoms with Gasteiger partial charge >= 0.3 is 6.09 Å². The molecule has 5 rings (SSSR count). The van der Waals surface area contributed by atoms with Crippen LogP contribution in [0, 0.1) is 0 Å². The number of aromatic nitrogens is 2. The largest absolute Gasteiger partial charge is 0.444 e. The number of carbonyl (C=O) groups excluding carboxylic acids is 2. The molecule has 10 nitrogen and oxygen atoms in total. The first kappa shape index (κ1) is 26.2. The molecule has 2 aliphatic heterocycles. The van der Waals surface area contributed by atoms with Gasteiger partial charge in [-0.1, -0.05) is 0 Å². The minimum atomic E-state index is -3.67. The van der Waals surface area contributed by atoms with E-state index in [1.165, 1.54) is 16.4 Å². The summed E-state index contributed by atoms with van der Waals surface area (Å²) in [7, 11) is -3.67. The Balaban J connectivity index is 1.23. The highest BCUT2D eigenvalue weighted by Crippen LogP contribution is 2.32. The maximum Gasteiger partial charge on any atom is 0.412 e. The first-order chi connectivity index (χ1) is 18.0. The van der Waals surface area contributed by atoms with Crippen LogP contribution in [-0.2, 0) is 14.8 Å². The van der Waals surface area contributed by atoms with E-state index in [-0.39, 0.29) is 16.7 Å². The van der Waals surface area contributed by atoms with Gasteiger partial charge in [-0.2, -0.15) is 9.40 Å². The number of rotatable bonds is 5. The lowest BCUT2D eigenvalue weighted by Gasteiger charge is -2.32. The van der Waals surface area contributed by atoms with Gasteiger partial charge < -0.3 is 9.64 Å². The molecule has 38 heavy (non-hydrogen) atoms. The third-order valence-corrected chi connectivity index (χ3v) is 8.89. The van der Waals surface area contributed by atoms with Crippen molar-refractivity contribution in [2.24, 2.45) is 0 Å². The second-order valence-corrected chi connectivity index (χ2v) is 12.8. The average molecular weight is 540 g/mol. The van der Waals surface area contributed by atoms with Gasteiger partial charge in [0.2, 0.25) is 10.0 Å². The van der Waals surface area contributed by atoms with E-state index in [1.807, 2.05) is 23.2 Å². The molecule has 0 bridgehead atoms. The predicted octanol–water partition coefficient (Wildman–Crippen LogP) is 4.10. The zero-order chi connectivity index (χ0) is 27.1. The Labute approximate surface area is 222 Å². The van der Waals surface area contributed by atoms with Crippen molar-refractivity contribution in [3.05, 3.63) is 59.9 Å². The lowest BCUT2D eigenvalue weighted by molar-refractivity contribution is 0.0632. The van der Waals surface area contributed by atoms with E-state index in [0.29, 0.717) is 37.2 Å². The molecule has 2 fully saturated rings. The summed E-state index contributed by atoms with van der Waals surface area (Å²) >= 11 is 0. The number of anilines is 1. The minimum absolute atomic E-state index is 0.0108. The van der Waals surface area contributed by atoms with E-state index in [1.54, 1.807) is 43.6 Å². The van der Waals surface area contributed by atoms with Crippen molar-refractivity contribution in [2.75, 3.05) is 31.5 Å². The molecule has 1 N–H and O–H groups in total. The van der Waals surface area contributed by atoms with Gasteiger partial charge in [0, 0.05) is 38.1 Å². The summed E-state index contributed by atoms with van der Waals surface area (Å²) < 4.78 is 35.0. The minimum Gasteiger partial charge on any atom is -0.444 e. The normalized spacial score (nSPS) is 17.3. The quantitative estimate of drug-likeness (QED) is 0.522. The van der Waals surface area contributed by atoms with Crippen molar-refractivity contribution in [2.45, 2.75) is 56.4 Å². The standard InChI is InChI=1S/C27H33N5O5S/c1-27(2,3)37-26(34)29-21-5-7-22(8-6-21)38(35,36)31-14-9-19(10-15-31)20-11-16-32-24(17-20)23(18-28-32)25(33)30-12-4-13-30/h5-8,11,16-19H,4,9-10,12-15H2,1-3H3,(H,29,34).